The lowest BCUT2D eigenvalue weighted by molar-refractivity contribution is 0.485. The van der Waals surface area contributed by atoms with Gasteiger partial charge in [0.05, 0.1) is 5.69 Å². The van der Waals surface area contributed by atoms with E-state index in [1.54, 1.807) is 6.20 Å². The van der Waals surface area contributed by atoms with Gasteiger partial charge in [-0.15, -0.1) is 0 Å². The molecule has 0 bridgehead atoms. The quantitative estimate of drug-likeness (QED) is 0.776. The third-order valence-corrected chi connectivity index (χ3v) is 3.32. The van der Waals surface area contributed by atoms with Crippen molar-refractivity contribution in [1.82, 2.24) is 10.3 Å². The normalized spacial score (nSPS) is 12.7. The van der Waals surface area contributed by atoms with E-state index in [1.807, 2.05) is 31.3 Å². The van der Waals surface area contributed by atoms with Gasteiger partial charge in [-0.25, -0.2) is 0 Å². The maximum atomic E-state index is 6.00. The second-order valence-corrected chi connectivity index (χ2v) is 4.62. The second kappa shape index (κ2) is 4.86. The number of hydrogen-bond acceptors (Lipinski definition) is 3. The van der Waals surface area contributed by atoms with Crippen LogP contribution in [0.15, 0.2) is 53.1 Å². The number of pyridine rings is 1. The molecule has 96 valence electrons. The van der Waals surface area contributed by atoms with E-state index in [4.69, 9.17) is 4.42 Å². The summed E-state index contributed by atoms with van der Waals surface area (Å²) in [4.78, 5) is 4.40. The minimum absolute atomic E-state index is 0.0204. The first kappa shape index (κ1) is 11.9. The molecule has 0 aliphatic heterocycles. The van der Waals surface area contributed by atoms with Gasteiger partial charge in [0.25, 0.3) is 0 Å². The zero-order valence-corrected chi connectivity index (χ0v) is 11.1. The van der Waals surface area contributed by atoms with Crippen molar-refractivity contribution < 1.29 is 4.42 Å². The van der Waals surface area contributed by atoms with Gasteiger partial charge in [0, 0.05) is 11.6 Å². The van der Waals surface area contributed by atoms with Gasteiger partial charge in [0.2, 0.25) is 0 Å². The molecule has 0 aliphatic rings. The molecule has 1 unspecified atom stereocenters. The van der Waals surface area contributed by atoms with Crippen molar-refractivity contribution in [2.45, 2.75) is 13.0 Å². The van der Waals surface area contributed by atoms with E-state index < -0.39 is 0 Å². The van der Waals surface area contributed by atoms with Gasteiger partial charge in [0.1, 0.15) is 17.4 Å². The number of rotatable bonds is 3. The topological polar surface area (TPSA) is 38.1 Å². The lowest BCUT2D eigenvalue weighted by Crippen LogP contribution is -2.18. The van der Waals surface area contributed by atoms with Crippen molar-refractivity contribution in [3.63, 3.8) is 0 Å². The van der Waals surface area contributed by atoms with Crippen LogP contribution in [0.25, 0.3) is 11.0 Å². The first-order valence-corrected chi connectivity index (χ1v) is 6.37. The molecule has 3 aromatic rings. The Bertz CT molecular complexity index is 688. The highest BCUT2D eigenvalue weighted by Crippen LogP contribution is 2.28. The van der Waals surface area contributed by atoms with Gasteiger partial charge < -0.3 is 9.73 Å². The van der Waals surface area contributed by atoms with Crippen LogP contribution in [0.5, 0.6) is 0 Å². The number of nitrogens with zero attached hydrogens (tertiary/aromatic N) is 1. The molecule has 3 rings (SSSR count). The number of para-hydroxylation sites is 1. The largest absolute Gasteiger partial charge is 0.459 e. The fraction of sp³-hybridized carbons (Fsp3) is 0.188. The Morgan fingerprint density at radius 3 is 2.74 bits per heavy atom. The van der Waals surface area contributed by atoms with Crippen LogP contribution < -0.4 is 5.32 Å². The molecule has 3 heteroatoms. The Balaban J connectivity index is 2.09. The summed E-state index contributed by atoms with van der Waals surface area (Å²) in [6.07, 6.45) is 1.80. The van der Waals surface area contributed by atoms with E-state index >= 15 is 0 Å². The number of aryl methyl sites for hydroxylation is 1. The highest BCUT2D eigenvalue weighted by molar-refractivity contribution is 5.81. The van der Waals surface area contributed by atoms with Gasteiger partial charge >= 0.3 is 0 Å². The molecular formula is C16H16N2O. The van der Waals surface area contributed by atoms with Gasteiger partial charge in [-0.3, -0.25) is 4.98 Å². The van der Waals surface area contributed by atoms with Crippen molar-refractivity contribution in [3.05, 3.63) is 65.7 Å². The Hall–Kier alpha value is -2.13. The molecule has 0 saturated heterocycles. The Morgan fingerprint density at radius 1 is 1.16 bits per heavy atom. The third kappa shape index (κ3) is 2.13. The van der Waals surface area contributed by atoms with Gasteiger partial charge in [-0.05, 0) is 37.7 Å². The summed E-state index contributed by atoms with van der Waals surface area (Å²) in [5.74, 6) is 0.894. The van der Waals surface area contributed by atoms with E-state index in [0.717, 1.165) is 28.0 Å². The fourth-order valence-corrected chi connectivity index (χ4v) is 2.35. The average molecular weight is 252 g/mol. The lowest BCUT2D eigenvalue weighted by Gasteiger charge is -2.12. The molecule has 0 amide bonds. The smallest absolute Gasteiger partial charge is 0.137 e. The maximum Gasteiger partial charge on any atom is 0.137 e. The fourth-order valence-electron chi connectivity index (χ4n) is 2.35. The molecule has 1 aromatic carbocycles. The first-order valence-electron chi connectivity index (χ1n) is 6.37. The summed E-state index contributed by atoms with van der Waals surface area (Å²) < 4.78 is 6.00. The van der Waals surface area contributed by atoms with E-state index in [0.29, 0.717) is 0 Å². The number of hydrogen-bond donors (Lipinski definition) is 1. The van der Waals surface area contributed by atoms with E-state index in [9.17, 15) is 0 Å². The van der Waals surface area contributed by atoms with Crippen LogP contribution in [0.1, 0.15) is 23.1 Å². The van der Waals surface area contributed by atoms with Crippen molar-refractivity contribution in [1.29, 1.82) is 0 Å². The number of nitrogens with one attached hydrogen (secondary N) is 1. The molecule has 0 spiro atoms. The van der Waals surface area contributed by atoms with Crippen LogP contribution in [0.4, 0.5) is 0 Å². The van der Waals surface area contributed by atoms with E-state index in [-0.39, 0.29) is 6.04 Å². The lowest BCUT2D eigenvalue weighted by atomic mass is 10.1. The highest BCUT2D eigenvalue weighted by Gasteiger charge is 2.18. The monoisotopic (exact) mass is 252 g/mol. The maximum absolute atomic E-state index is 6.00. The minimum atomic E-state index is -0.0204. The Labute approximate surface area is 112 Å². The zero-order chi connectivity index (χ0) is 13.2. The van der Waals surface area contributed by atoms with E-state index in [2.05, 4.69) is 35.4 Å². The summed E-state index contributed by atoms with van der Waals surface area (Å²) in [6.45, 7) is 2.06. The highest BCUT2D eigenvalue weighted by atomic mass is 16.3. The molecule has 2 aromatic heterocycles. The third-order valence-electron chi connectivity index (χ3n) is 3.32. The predicted octanol–water partition coefficient (Wildman–Crippen LogP) is 3.45. The molecule has 0 fully saturated rings. The minimum Gasteiger partial charge on any atom is -0.459 e. The molecule has 19 heavy (non-hydrogen) atoms. The van der Waals surface area contributed by atoms with Crippen molar-refractivity contribution in [3.8, 4) is 0 Å². The summed E-state index contributed by atoms with van der Waals surface area (Å²) in [6, 6.07) is 14.1. The van der Waals surface area contributed by atoms with Crippen LogP contribution in [-0.2, 0) is 0 Å². The van der Waals surface area contributed by atoms with Crippen LogP contribution in [-0.4, -0.2) is 12.0 Å². The van der Waals surface area contributed by atoms with Gasteiger partial charge in [-0.1, -0.05) is 24.3 Å². The standard InChI is InChI=1S/C16H16N2O/c1-11-6-5-7-12-10-14(19-16(11)12)15(17-2)13-8-3-4-9-18-13/h3-10,15,17H,1-2H3. The number of aromatic nitrogens is 1. The summed E-state index contributed by atoms with van der Waals surface area (Å²) in [5.41, 5.74) is 3.06. The Kier molecular flexibility index (Phi) is 3.05. The second-order valence-electron chi connectivity index (χ2n) is 4.62. The molecule has 1 N–H and O–H groups in total. The van der Waals surface area contributed by atoms with Gasteiger partial charge in [-0.2, -0.15) is 0 Å². The molecule has 0 radical (unpaired) electrons. The summed E-state index contributed by atoms with van der Waals surface area (Å²) in [7, 11) is 1.92. The average Bonchev–Trinajstić information content (AvgIpc) is 2.86. The SMILES string of the molecule is CNC(c1ccccn1)c1cc2cccc(C)c2o1. The predicted molar refractivity (Wildman–Crippen MR) is 76.1 cm³/mol. The number of furan rings is 1. The number of benzene rings is 1. The van der Waals surface area contributed by atoms with Gasteiger partial charge in [0.15, 0.2) is 0 Å². The molecule has 0 saturated carbocycles. The van der Waals surface area contributed by atoms with E-state index in [1.165, 1.54) is 0 Å². The zero-order valence-electron chi connectivity index (χ0n) is 11.1. The van der Waals surface area contributed by atoms with Crippen molar-refractivity contribution in [2.75, 3.05) is 7.05 Å². The molecule has 2 heterocycles. The van der Waals surface area contributed by atoms with Crippen LogP contribution >= 0.6 is 0 Å². The molecular weight excluding hydrogens is 236 g/mol. The van der Waals surface area contributed by atoms with Crippen LogP contribution in [0, 0.1) is 6.92 Å². The molecule has 0 aliphatic carbocycles. The molecule has 1 atom stereocenters. The summed E-state index contributed by atoms with van der Waals surface area (Å²) in [5, 5.41) is 4.39. The Morgan fingerprint density at radius 2 is 2.05 bits per heavy atom. The van der Waals surface area contributed by atoms with Crippen LogP contribution in [0.3, 0.4) is 0 Å². The summed E-state index contributed by atoms with van der Waals surface area (Å²) >= 11 is 0. The van der Waals surface area contributed by atoms with Crippen molar-refractivity contribution >= 4 is 11.0 Å². The van der Waals surface area contributed by atoms with Crippen LogP contribution in [0.2, 0.25) is 0 Å². The first-order chi connectivity index (χ1) is 9.29. The van der Waals surface area contributed by atoms with Crippen molar-refractivity contribution in [2.24, 2.45) is 0 Å². The number of fused-ring (bicyclic) bond motifs is 1. The molecule has 3 nitrogen and oxygen atoms in total.